The van der Waals surface area contributed by atoms with Gasteiger partial charge in [0.05, 0.1) is 13.7 Å². The van der Waals surface area contributed by atoms with Gasteiger partial charge in [-0.3, -0.25) is 0 Å². The van der Waals surface area contributed by atoms with E-state index in [2.05, 4.69) is 10.6 Å². The van der Waals surface area contributed by atoms with Crippen LogP contribution >= 0.6 is 0 Å². The summed E-state index contributed by atoms with van der Waals surface area (Å²) in [5.74, 6) is 0.830. The normalized spacial score (nSPS) is 16.6. The maximum atomic E-state index is 11.9. The Morgan fingerprint density at radius 1 is 1.30 bits per heavy atom. The molecule has 0 radical (unpaired) electrons. The highest BCUT2D eigenvalue weighted by Crippen LogP contribution is 2.28. The van der Waals surface area contributed by atoms with Gasteiger partial charge in [-0.2, -0.15) is 0 Å². The molecule has 3 N–H and O–H groups in total. The molecule has 0 unspecified atom stereocenters. The molecule has 1 aliphatic rings. The number of ether oxygens (including phenoxy) is 2. The van der Waals surface area contributed by atoms with E-state index in [9.17, 15) is 9.90 Å². The van der Waals surface area contributed by atoms with Crippen LogP contribution in [0.3, 0.4) is 0 Å². The van der Waals surface area contributed by atoms with Crippen molar-refractivity contribution in [1.29, 1.82) is 0 Å². The summed E-state index contributed by atoms with van der Waals surface area (Å²) in [7, 11) is 1.64. The summed E-state index contributed by atoms with van der Waals surface area (Å²) in [5.41, 5.74) is 0.810. The molecule has 6 heteroatoms. The number of aliphatic hydroxyl groups is 1. The summed E-state index contributed by atoms with van der Waals surface area (Å²) >= 11 is 0. The fraction of sp³-hybridized carbons (Fsp3) is 0.588. The molecule has 0 bridgehead atoms. The first-order valence-electron chi connectivity index (χ1n) is 8.01. The average Bonchev–Trinajstić information content (AvgIpc) is 2.61. The molecule has 1 fully saturated rings. The summed E-state index contributed by atoms with van der Waals surface area (Å²) in [6.07, 6.45) is 2.24. The molecular weight excluding hydrogens is 296 g/mol. The Morgan fingerprint density at radius 2 is 2.04 bits per heavy atom. The molecule has 0 aliphatic carbocycles. The summed E-state index contributed by atoms with van der Waals surface area (Å²) in [6.45, 7) is 2.34. The molecule has 1 aliphatic heterocycles. The molecule has 0 spiro atoms. The number of methoxy groups -OCH3 is 1. The lowest BCUT2D eigenvalue weighted by Crippen LogP contribution is -2.47. The molecule has 6 nitrogen and oxygen atoms in total. The molecule has 1 heterocycles. The number of hydrogen-bond donors (Lipinski definition) is 3. The van der Waals surface area contributed by atoms with E-state index in [1.54, 1.807) is 7.11 Å². The number of rotatable bonds is 7. The van der Waals surface area contributed by atoms with E-state index < -0.39 is 0 Å². The van der Waals surface area contributed by atoms with Crippen LogP contribution < -0.4 is 15.4 Å². The van der Waals surface area contributed by atoms with Gasteiger partial charge in [0, 0.05) is 31.7 Å². The fourth-order valence-corrected chi connectivity index (χ4v) is 2.75. The average molecular weight is 322 g/mol. The molecular formula is C17H26N2O4. The third kappa shape index (κ3) is 5.11. The van der Waals surface area contributed by atoms with Crippen LogP contribution in [0.5, 0.6) is 5.75 Å². The first kappa shape index (κ1) is 17.6. The summed E-state index contributed by atoms with van der Waals surface area (Å²) in [6, 6.07) is 7.56. The second kappa shape index (κ2) is 8.74. The van der Waals surface area contributed by atoms with Crippen LogP contribution in [0.2, 0.25) is 0 Å². The van der Waals surface area contributed by atoms with Gasteiger partial charge >= 0.3 is 6.03 Å². The quantitative estimate of drug-likeness (QED) is 0.707. The zero-order valence-corrected chi connectivity index (χ0v) is 13.6. The van der Waals surface area contributed by atoms with Crippen LogP contribution in [-0.4, -0.2) is 51.2 Å². The van der Waals surface area contributed by atoms with Crippen LogP contribution in [0.4, 0.5) is 4.79 Å². The molecule has 128 valence electrons. The van der Waals surface area contributed by atoms with Gasteiger partial charge in [0.15, 0.2) is 0 Å². The SMILES string of the molecule is COc1ccccc1CCNC(=O)NCC1(CO)CCOCC1. The first-order valence-corrected chi connectivity index (χ1v) is 8.01. The zero-order chi connectivity index (χ0) is 16.5. The van der Waals surface area contributed by atoms with Crippen molar-refractivity contribution in [2.45, 2.75) is 19.3 Å². The molecule has 2 rings (SSSR count). The molecule has 23 heavy (non-hydrogen) atoms. The molecule has 0 atom stereocenters. The largest absolute Gasteiger partial charge is 0.496 e. The Bertz CT molecular complexity index is 501. The Balaban J connectivity index is 1.72. The number of aliphatic hydroxyl groups excluding tert-OH is 1. The second-order valence-corrected chi connectivity index (χ2v) is 5.94. The number of nitrogens with one attached hydrogen (secondary N) is 2. The van der Waals surface area contributed by atoms with E-state index in [-0.39, 0.29) is 18.1 Å². The Kier molecular flexibility index (Phi) is 6.67. The van der Waals surface area contributed by atoms with E-state index in [0.717, 1.165) is 24.2 Å². The van der Waals surface area contributed by atoms with Crippen molar-refractivity contribution in [3.63, 3.8) is 0 Å². The highest BCUT2D eigenvalue weighted by molar-refractivity contribution is 5.73. The molecule has 1 aromatic rings. The van der Waals surface area contributed by atoms with Crippen molar-refractivity contribution >= 4 is 6.03 Å². The number of carbonyl (C=O) groups excluding carboxylic acids is 1. The van der Waals surface area contributed by atoms with E-state index >= 15 is 0 Å². The van der Waals surface area contributed by atoms with E-state index in [0.29, 0.717) is 32.7 Å². The Hall–Kier alpha value is -1.79. The minimum atomic E-state index is -0.252. The predicted octanol–water partition coefficient (Wildman–Crippen LogP) is 1.33. The second-order valence-electron chi connectivity index (χ2n) is 5.94. The smallest absolute Gasteiger partial charge is 0.314 e. The maximum Gasteiger partial charge on any atom is 0.314 e. The Morgan fingerprint density at radius 3 is 2.74 bits per heavy atom. The summed E-state index contributed by atoms with van der Waals surface area (Å²) in [4.78, 5) is 11.9. The van der Waals surface area contributed by atoms with Crippen molar-refractivity contribution in [3.05, 3.63) is 29.8 Å². The predicted molar refractivity (Wildman–Crippen MR) is 87.7 cm³/mol. The van der Waals surface area contributed by atoms with E-state index in [1.807, 2.05) is 24.3 Å². The number of hydrogen-bond acceptors (Lipinski definition) is 4. The maximum absolute atomic E-state index is 11.9. The van der Waals surface area contributed by atoms with E-state index in [1.165, 1.54) is 0 Å². The molecule has 0 saturated carbocycles. The van der Waals surface area contributed by atoms with Crippen molar-refractivity contribution in [1.82, 2.24) is 10.6 Å². The molecule has 0 aromatic heterocycles. The summed E-state index contributed by atoms with van der Waals surface area (Å²) < 4.78 is 10.6. The highest BCUT2D eigenvalue weighted by atomic mass is 16.5. The lowest BCUT2D eigenvalue weighted by molar-refractivity contribution is -0.0138. The van der Waals surface area contributed by atoms with Crippen LogP contribution in [0.15, 0.2) is 24.3 Å². The molecule has 2 amide bonds. The number of urea groups is 1. The highest BCUT2D eigenvalue weighted by Gasteiger charge is 2.32. The van der Waals surface area contributed by atoms with Gasteiger partial charge in [0.2, 0.25) is 0 Å². The van der Waals surface area contributed by atoms with Gasteiger partial charge in [-0.1, -0.05) is 18.2 Å². The van der Waals surface area contributed by atoms with Crippen LogP contribution in [0, 0.1) is 5.41 Å². The number of benzene rings is 1. The summed E-state index contributed by atoms with van der Waals surface area (Å²) in [5, 5.41) is 15.3. The van der Waals surface area contributed by atoms with Gasteiger partial charge in [-0.05, 0) is 30.9 Å². The Labute approximate surface area is 137 Å². The molecule has 1 saturated heterocycles. The van der Waals surface area contributed by atoms with Crippen LogP contribution in [0.25, 0.3) is 0 Å². The minimum Gasteiger partial charge on any atom is -0.496 e. The molecule has 1 aromatic carbocycles. The standard InChI is InChI=1S/C17H26N2O4/c1-22-15-5-3-2-4-14(15)6-9-18-16(21)19-12-17(13-20)7-10-23-11-8-17/h2-5,20H,6-13H2,1H3,(H2,18,19,21). The topological polar surface area (TPSA) is 79.8 Å². The van der Waals surface area contributed by atoms with Crippen LogP contribution in [0.1, 0.15) is 18.4 Å². The van der Waals surface area contributed by atoms with Gasteiger partial charge in [0.1, 0.15) is 5.75 Å². The minimum absolute atomic E-state index is 0.0673. The first-order chi connectivity index (χ1) is 11.2. The van der Waals surface area contributed by atoms with E-state index in [4.69, 9.17) is 9.47 Å². The lowest BCUT2D eigenvalue weighted by atomic mass is 9.81. The third-order valence-corrected chi connectivity index (χ3v) is 4.39. The zero-order valence-electron chi connectivity index (χ0n) is 13.6. The van der Waals surface area contributed by atoms with Crippen molar-refractivity contribution in [2.24, 2.45) is 5.41 Å². The number of carbonyl (C=O) groups is 1. The van der Waals surface area contributed by atoms with Gasteiger partial charge in [0.25, 0.3) is 0 Å². The van der Waals surface area contributed by atoms with Gasteiger partial charge < -0.3 is 25.2 Å². The van der Waals surface area contributed by atoms with Crippen molar-refractivity contribution in [2.75, 3.05) is 40.0 Å². The monoisotopic (exact) mass is 322 g/mol. The van der Waals surface area contributed by atoms with Gasteiger partial charge in [-0.25, -0.2) is 4.79 Å². The van der Waals surface area contributed by atoms with Crippen molar-refractivity contribution in [3.8, 4) is 5.75 Å². The van der Waals surface area contributed by atoms with Crippen LogP contribution in [-0.2, 0) is 11.2 Å². The van der Waals surface area contributed by atoms with Gasteiger partial charge in [-0.15, -0.1) is 0 Å². The van der Waals surface area contributed by atoms with Crippen molar-refractivity contribution < 1.29 is 19.4 Å². The fourth-order valence-electron chi connectivity index (χ4n) is 2.75. The number of amides is 2. The third-order valence-electron chi connectivity index (χ3n) is 4.39. The number of para-hydroxylation sites is 1. The lowest BCUT2D eigenvalue weighted by Gasteiger charge is -2.35.